The van der Waals surface area contributed by atoms with E-state index in [0.717, 1.165) is 54.3 Å². The van der Waals surface area contributed by atoms with Crippen LogP contribution in [0.4, 0.5) is 17.1 Å². The molecule has 0 aliphatic heterocycles. The summed E-state index contributed by atoms with van der Waals surface area (Å²) in [6.07, 6.45) is 5.28. The van der Waals surface area contributed by atoms with E-state index in [1.54, 1.807) is 32.5 Å². The highest BCUT2D eigenvalue weighted by atomic mass is 16.5. The van der Waals surface area contributed by atoms with Crippen molar-refractivity contribution < 1.29 is 19.0 Å². The van der Waals surface area contributed by atoms with Crippen molar-refractivity contribution in [3.05, 3.63) is 72.4 Å². The zero-order valence-electron chi connectivity index (χ0n) is 24.4. The van der Waals surface area contributed by atoms with Gasteiger partial charge in [-0.05, 0) is 86.8 Å². The third-order valence-electron chi connectivity index (χ3n) is 7.12. The lowest BCUT2D eigenvalue weighted by Gasteiger charge is -2.16. The molecule has 4 aromatic rings. The van der Waals surface area contributed by atoms with Crippen molar-refractivity contribution in [1.29, 1.82) is 5.26 Å². The maximum atomic E-state index is 11.6. The Morgan fingerprint density at radius 2 is 1.84 bits per heavy atom. The second kappa shape index (κ2) is 14.2. The average Bonchev–Trinajstić information content (AvgIpc) is 3.87. The summed E-state index contributed by atoms with van der Waals surface area (Å²) in [5.41, 5.74) is 3.43. The van der Waals surface area contributed by atoms with Crippen molar-refractivity contribution in [3.8, 4) is 29.1 Å². The minimum absolute atomic E-state index is 0.110. The highest BCUT2D eigenvalue weighted by Crippen LogP contribution is 2.37. The fourth-order valence-corrected chi connectivity index (χ4v) is 4.56. The second-order valence-corrected chi connectivity index (χ2v) is 10.3. The lowest BCUT2D eigenvalue weighted by atomic mass is 10.1. The molecule has 10 heteroatoms. The van der Waals surface area contributed by atoms with E-state index in [-0.39, 0.29) is 12.5 Å². The Balaban J connectivity index is 1.29. The fourth-order valence-electron chi connectivity index (χ4n) is 4.56. The van der Waals surface area contributed by atoms with E-state index in [9.17, 15) is 10.1 Å². The number of nitrogens with zero attached hydrogens (tertiary/aromatic N) is 2. The number of amides is 1. The van der Waals surface area contributed by atoms with Crippen LogP contribution in [0, 0.1) is 17.2 Å². The van der Waals surface area contributed by atoms with E-state index in [1.807, 2.05) is 48.5 Å². The number of methoxy groups -OCH3 is 1. The number of rotatable bonds is 15. The van der Waals surface area contributed by atoms with Crippen molar-refractivity contribution >= 4 is 33.9 Å². The first kappa shape index (κ1) is 29.5. The summed E-state index contributed by atoms with van der Waals surface area (Å²) >= 11 is 0. The molecule has 0 saturated heterocycles. The molecule has 1 aliphatic carbocycles. The molecule has 1 amide bonds. The van der Waals surface area contributed by atoms with Crippen molar-refractivity contribution in [3.63, 3.8) is 0 Å². The Hall–Kier alpha value is -5.01. The Morgan fingerprint density at radius 1 is 1.05 bits per heavy atom. The van der Waals surface area contributed by atoms with Gasteiger partial charge in [0, 0.05) is 30.9 Å². The topological polar surface area (TPSA) is 130 Å². The summed E-state index contributed by atoms with van der Waals surface area (Å²) in [6.45, 7) is 2.78. The number of nitrogens with one attached hydrogen (secondary N) is 4. The van der Waals surface area contributed by atoms with Crippen LogP contribution >= 0.6 is 0 Å². The van der Waals surface area contributed by atoms with Crippen molar-refractivity contribution in [2.45, 2.75) is 19.3 Å². The monoisotopic (exact) mass is 580 g/mol. The summed E-state index contributed by atoms with van der Waals surface area (Å²) in [4.78, 5) is 16.1. The quantitative estimate of drug-likeness (QED) is 0.133. The molecule has 5 rings (SSSR count). The van der Waals surface area contributed by atoms with Gasteiger partial charge in [0.15, 0.2) is 18.1 Å². The first-order chi connectivity index (χ1) is 21.1. The molecule has 1 saturated carbocycles. The predicted octanol–water partition coefficient (Wildman–Crippen LogP) is 5.58. The largest absolute Gasteiger partial charge is 0.495 e. The van der Waals surface area contributed by atoms with Crippen LogP contribution in [0.2, 0.25) is 0 Å². The van der Waals surface area contributed by atoms with Crippen LogP contribution in [0.5, 0.6) is 23.0 Å². The molecule has 1 heterocycles. The summed E-state index contributed by atoms with van der Waals surface area (Å²) in [6, 6.07) is 20.6. The molecular formula is C33H36N6O4. The number of anilines is 3. The van der Waals surface area contributed by atoms with Gasteiger partial charge in [0.1, 0.15) is 17.6 Å². The molecule has 3 aromatic carbocycles. The summed E-state index contributed by atoms with van der Waals surface area (Å²) in [7, 11) is 3.19. The lowest BCUT2D eigenvalue weighted by Crippen LogP contribution is -2.24. The van der Waals surface area contributed by atoms with Gasteiger partial charge < -0.3 is 35.5 Å². The number of hydrogen-bond donors (Lipinski definition) is 4. The summed E-state index contributed by atoms with van der Waals surface area (Å²) in [5.74, 6) is 2.86. The van der Waals surface area contributed by atoms with E-state index in [0.29, 0.717) is 34.2 Å². The molecule has 43 heavy (non-hydrogen) atoms. The molecule has 0 bridgehead atoms. The van der Waals surface area contributed by atoms with E-state index < -0.39 is 0 Å². The number of fused-ring (bicyclic) bond motifs is 1. The minimum atomic E-state index is -0.234. The van der Waals surface area contributed by atoms with Gasteiger partial charge in [-0.1, -0.05) is 12.1 Å². The standard InChI is InChI=1S/C33H36N6O4/c1-35-32(40)21-42-29-6-3-4-7-30(29)43-25-12-10-24(11-13-25)39-33-23(18-34)20-38-27-17-28(31(41-2)16-26(27)33)37-15-5-14-36-19-22-8-9-22/h3-4,6-7,10-13,16-17,20,22,36-37H,5,8-9,14-15,19,21H2,1-2H3,(H,35,40)(H,38,39). The van der Waals surface area contributed by atoms with Crippen LogP contribution < -0.4 is 35.5 Å². The molecule has 10 nitrogen and oxygen atoms in total. The van der Waals surface area contributed by atoms with Crippen molar-refractivity contribution in [1.82, 2.24) is 15.6 Å². The number of carbonyl (C=O) groups is 1. The van der Waals surface area contributed by atoms with Gasteiger partial charge >= 0.3 is 0 Å². The van der Waals surface area contributed by atoms with Crippen LogP contribution in [-0.2, 0) is 4.79 Å². The number of nitriles is 1. The lowest BCUT2D eigenvalue weighted by molar-refractivity contribution is -0.122. The number of hydrogen-bond acceptors (Lipinski definition) is 9. The Labute approximate surface area is 251 Å². The Morgan fingerprint density at radius 3 is 2.56 bits per heavy atom. The highest BCUT2D eigenvalue weighted by molar-refractivity contribution is 5.98. The zero-order chi connectivity index (χ0) is 30.0. The first-order valence-corrected chi connectivity index (χ1v) is 14.4. The van der Waals surface area contributed by atoms with E-state index in [2.05, 4.69) is 32.3 Å². The molecule has 222 valence electrons. The maximum Gasteiger partial charge on any atom is 0.257 e. The van der Waals surface area contributed by atoms with Gasteiger partial charge in [-0.3, -0.25) is 9.78 Å². The van der Waals surface area contributed by atoms with Crippen molar-refractivity contribution in [2.24, 2.45) is 5.92 Å². The van der Waals surface area contributed by atoms with Crippen LogP contribution in [0.3, 0.4) is 0 Å². The van der Waals surface area contributed by atoms with Gasteiger partial charge in [-0.15, -0.1) is 0 Å². The number of benzene rings is 3. The minimum Gasteiger partial charge on any atom is -0.495 e. The Kier molecular flexibility index (Phi) is 9.77. The van der Waals surface area contributed by atoms with E-state index >= 15 is 0 Å². The molecule has 1 aliphatic rings. The molecular weight excluding hydrogens is 544 g/mol. The third kappa shape index (κ3) is 7.84. The number of carbonyl (C=O) groups excluding carboxylic acids is 1. The second-order valence-electron chi connectivity index (χ2n) is 10.3. The summed E-state index contributed by atoms with van der Waals surface area (Å²) in [5, 5.41) is 23.5. The molecule has 1 fully saturated rings. The molecule has 0 atom stereocenters. The van der Waals surface area contributed by atoms with E-state index in [1.165, 1.54) is 12.8 Å². The molecule has 0 radical (unpaired) electrons. The SMILES string of the molecule is CNC(=O)COc1ccccc1Oc1ccc(Nc2c(C#N)cnc3cc(NCCCNCC4CC4)c(OC)cc23)cc1. The molecule has 0 unspecified atom stereocenters. The van der Waals surface area contributed by atoms with Gasteiger partial charge in [0.2, 0.25) is 0 Å². The van der Waals surface area contributed by atoms with Gasteiger partial charge in [-0.2, -0.15) is 5.26 Å². The predicted molar refractivity (Wildman–Crippen MR) is 168 cm³/mol. The fraction of sp³-hybridized carbons (Fsp3) is 0.303. The first-order valence-electron chi connectivity index (χ1n) is 14.4. The smallest absolute Gasteiger partial charge is 0.257 e. The highest BCUT2D eigenvalue weighted by Gasteiger charge is 2.20. The molecule has 1 aromatic heterocycles. The van der Waals surface area contributed by atoms with E-state index in [4.69, 9.17) is 14.2 Å². The van der Waals surface area contributed by atoms with Crippen LogP contribution in [0.25, 0.3) is 10.9 Å². The zero-order valence-corrected chi connectivity index (χ0v) is 24.4. The number of likely N-dealkylation sites (N-methyl/N-ethyl adjacent to an activating group) is 1. The van der Waals surface area contributed by atoms with Crippen LogP contribution in [0.1, 0.15) is 24.8 Å². The maximum absolute atomic E-state index is 11.6. The van der Waals surface area contributed by atoms with Crippen molar-refractivity contribution in [2.75, 3.05) is 51.0 Å². The molecule has 4 N–H and O–H groups in total. The van der Waals surface area contributed by atoms with Gasteiger partial charge in [0.05, 0.1) is 29.6 Å². The number of ether oxygens (including phenoxy) is 3. The third-order valence-corrected chi connectivity index (χ3v) is 7.12. The number of pyridine rings is 1. The average molecular weight is 581 g/mol. The number of aromatic nitrogens is 1. The van der Waals surface area contributed by atoms with Crippen LogP contribution in [-0.4, -0.2) is 51.3 Å². The van der Waals surface area contributed by atoms with Gasteiger partial charge in [0.25, 0.3) is 5.91 Å². The van der Waals surface area contributed by atoms with Gasteiger partial charge in [-0.25, -0.2) is 0 Å². The summed E-state index contributed by atoms with van der Waals surface area (Å²) < 4.78 is 17.3. The Bertz CT molecular complexity index is 1600. The van der Waals surface area contributed by atoms with Crippen LogP contribution in [0.15, 0.2) is 66.9 Å². The number of para-hydroxylation sites is 2. The molecule has 0 spiro atoms. The normalized spacial score (nSPS) is 12.3.